The molecule has 0 heterocycles. The number of fused-ring (bicyclic) bond motifs is 4. The van der Waals surface area contributed by atoms with E-state index in [9.17, 15) is 10.2 Å². The minimum atomic E-state index is -1.53. The third-order valence-corrected chi connectivity index (χ3v) is 9.44. The number of hydrogen-bond donors (Lipinski definition) is 2. The smallest absolute Gasteiger partial charge is 0.168 e. The van der Waals surface area contributed by atoms with Gasteiger partial charge in [-0.1, -0.05) is 53.2 Å². The first-order valence-corrected chi connectivity index (χ1v) is 10.8. The molecule has 1 unspecified atom stereocenters. The van der Waals surface area contributed by atoms with Crippen LogP contribution >= 0.6 is 0 Å². The van der Waals surface area contributed by atoms with Crippen LogP contribution in [0, 0.1) is 34.0 Å². The zero-order valence-electron chi connectivity index (χ0n) is 17.7. The molecule has 146 valence electrons. The Morgan fingerprint density at radius 3 is 2.31 bits per heavy atom. The lowest BCUT2D eigenvalue weighted by atomic mass is 9.45. The molecule has 0 saturated heterocycles. The molecule has 0 radical (unpaired) electrons. The second-order valence-electron chi connectivity index (χ2n) is 11.1. The zero-order valence-corrected chi connectivity index (χ0v) is 17.7. The summed E-state index contributed by atoms with van der Waals surface area (Å²) in [4.78, 5) is 0. The number of aliphatic hydroxyl groups is 2. The molecule has 0 aromatic carbocycles. The Hall–Kier alpha value is -0.600. The zero-order chi connectivity index (χ0) is 19.1. The van der Waals surface area contributed by atoms with Crippen molar-refractivity contribution in [1.29, 1.82) is 0 Å². The van der Waals surface area contributed by atoms with Gasteiger partial charge in [-0.2, -0.15) is 0 Å². The van der Waals surface area contributed by atoms with Crippen LogP contribution in [0.4, 0.5) is 0 Å². The maximum atomic E-state index is 10.7. The fraction of sp³-hybridized carbons (Fsp3) is 0.833. The van der Waals surface area contributed by atoms with Crippen LogP contribution < -0.4 is 0 Å². The molecule has 0 aromatic rings. The van der Waals surface area contributed by atoms with E-state index in [0.29, 0.717) is 17.8 Å². The molecular formula is C24H38O2. The summed E-state index contributed by atoms with van der Waals surface area (Å²) in [7, 11) is 0. The molecule has 4 atom stereocenters. The topological polar surface area (TPSA) is 40.5 Å². The largest absolute Gasteiger partial charge is 0.365 e. The van der Waals surface area contributed by atoms with Gasteiger partial charge in [0.05, 0.1) is 0 Å². The Labute approximate surface area is 159 Å². The lowest BCUT2D eigenvalue weighted by Crippen LogP contribution is -2.59. The highest BCUT2D eigenvalue weighted by molar-refractivity contribution is 5.49. The summed E-state index contributed by atoms with van der Waals surface area (Å²) >= 11 is 0. The van der Waals surface area contributed by atoms with E-state index in [1.165, 1.54) is 19.3 Å². The van der Waals surface area contributed by atoms with Crippen molar-refractivity contribution in [3.63, 3.8) is 0 Å². The summed E-state index contributed by atoms with van der Waals surface area (Å²) in [6.45, 7) is 13.9. The summed E-state index contributed by atoms with van der Waals surface area (Å²) in [6.07, 6.45) is 9.90. The number of hydrogen-bond acceptors (Lipinski definition) is 2. The van der Waals surface area contributed by atoms with Crippen molar-refractivity contribution < 1.29 is 10.2 Å². The Bertz CT molecular complexity index is 680. The van der Waals surface area contributed by atoms with Gasteiger partial charge in [0.15, 0.2) is 5.79 Å². The van der Waals surface area contributed by atoms with Gasteiger partial charge in [0.1, 0.15) is 0 Å². The molecule has 0 spiro atoms. The van der Waals surface area contributed by atoms with E-state index in [1.807, 2.05) is 0 Å². The van der Waals surface area contributed by atoms with E-state index in [2.05, 4.69) is 47.6 Å². The molecule has 4 aliphatic rings. The van der Waals surface area contributed by atoms with Crippen molar-refractivity contribution in [2.24, 2.45) is 34.0 Å². The van der Waals surface area contributed by atoms with Crippen LogP contribution in [-0.4, -0.2) is 16.0 Å². The molecule has 0 bridgehead atoms. The summed E-state index contributed by atoms with van der Waals surface area (Å²) in [5, 5.41) is 21.3. The Kier molecular flexibility index (Phi) is 3.95. The number of rotatable bonds is 1. The fourth-order valence-corrected chi connectivity index (χ4v) is 7.68. The van der Waals surface area contributed by atoms with Gasteiger partial charge in [-0.3, -0.25) is 0 Å². The molecular weight excluding hydrogens is 320 g/mol. The van der Waals surface area contributed by atoms with Crippen LogP contribution in [-0.2, 0) is 0 Å². The lowest BCUT2D eigenvalue weighted by molar-refractivity contribution is -0.286. The summed E-state index contributed by atoms with van der Waals surface area (Å²) < 4.78 is 0. The fourth-order valence-electron chi connectivity index (χ4n) is 7.68. The monoisotopic (exact) mass is 358 g/mol. The first-order chi connectivity index (χ1) is 11.9. The predicted octanol–water partition coefficient (Wildman–Crippen LogP) is 5.60. The Morgan fingerprint density at radius 2 is 1.65 bits per heavy atom. The Balaban J connectivity index is 1.77. The van der Waals surface area contributed by atoms with Gasteiger partial charge in [0.25, 0.3) is 0 Å². The second kappa shape index (κ2) is 5.47. The molecule has 4 rings (SSSR count). The quantitative estimate of drug-likeness (QED) is 0.599. The van der Waals surface area contributed by atoms with Crippen LogP contribution in [0.2, 0.25) is 0 Å². The van der Waals surface area contributed by atoms with Gasteiger partial charge >= 0.3 is 0 Å². The van der Waals surface area contributed by atoms with Gasteiger partial charge < -0.3 is 10.2 Å². The molecule has 1 saturated carbocycles. The van der Waals surface area contributed by atoms with E-state index >= 15 is 0 Å². The average molecular weight is 359 g/mol. The van der Waals surface area contributed by atoms with E-state index in [4.69, 9.17) is 0 Å². The maximum absolute atomic E-state index is 10.7. The van der Waals surface area contributed by atoms with Crippen molar-refractivity contribution in [1.82, 2.24) is 0 Å². The molecule has 2 nitrogen and oxygen atoms in total. The molecule has 2 heteroatoms. The first-order valence-electron chi connectivity index (χ1n) is 10.8. The van der Waals surface area contributed by atoms with Crippen LogP contribution in [0.25, 0.3) is 0 Å². The van der Waals surface area contributed by atoms with Crippen molar-refractivity contribution in [2.75, 3.05) is 0 Å². The SMILES string of the molecule is CC(C)[C@H]1CC=C2C3=C(CC[C@@]21C)[C@@]1(C)CCC(O)(O)C(C)(C)C1CC3. The standard InChI is InChI=1S/C24H38O2/c1-15(2)17-8-9-18-16-7-10-20-21(3,4)24(25,26)14-13-23(20,6)19(16)11-12-22(17,18)5/h9,15,17,20,25-26H,7-8,10-14H2,1-6H3/t17-,20?,22-,23-/m1/s1. The molecule has 0 aromatic heterocycles. The highest BCUT2D eigenvalue weighted by atomic mass is 16.5. The minimum Gasteiger partial charge on any atom is -0.365 e. The predicted molar refractivity (Wildman–Crippen MR) is 106 cm³/mol. The van der Waals surface area contributed by atoms with Crippen LogP contribution in [0.1, 0.15) is 86.5 Å². The molecule has 26 heavy (non-hydrogen) atoms. The van der Waals surface area contributed by atoms with Gasteiger partial charge in [0, 0.05) is 11.8 Å². The van der Waals surface area contributed by atoms with E-state index in [-0.39, 0.29) is 5.41 Å². The van der Waals surface area contributed by atoms with Gasteiger partial charge in [-0.25, -0.2) is 0 Å². The van der Waals surface area contributed by atoms with Crippen LogP contribution in [0.15, 0.2) is 22.8 Å². The molecule has 0 aliphatic heterocycles. The van der Waals surface area contributed by atoms with Gasteiger partial charge in [-0.05, 0) is 78.3 Å². The molecule has 1 fully saturated rings. The molecule has 0 amide bonds. The van der Waals surface area contributed by atoms with Crippen molar-refractivity contribution in [3.8, 4) is 0 Å². The van der Waals surface area contributed by atoms with Crippen molar-refractivity contribution >= 4 is 0 Å². The third-order valence-electron chi connectivity index (χ3n) is 9.44. The van der Waals surface area contributed by atoms with Crippen LogP contribution in [0.3, 0.4) is 0 Å². The van der Waals surface area contributed by atoms with E-state index in [0.717, 1.165) is 31.1 Å². The lowest BCUT2D eigenvalue weighted by Gasteiger charge is -2.61. The first kappa shape index (κ1) is 18.7. The summed E-state index contributed by atoms with van der Waals surface area (Å²) in [5.74, 6) is 0.335. The summed E-state index contributed by atoms with van der Waals surface area (Å²) in [5.41, 5.74) is 5.04. The van der Waals surface area contributed by atoms with Crippen molar-refractivity contribution in [3.05, 3.63) is 22.8 Å². The molecule has 2 N–H and O–H groups in total. The van der Waals surface area contributed by atoms with Gasteiger partial charge in [-0.15, -0.1) is 0 Å². The second-order valence-corrected chi connectivity index (χ2v) is 11.1. The van der Waals surface area contributed by atoms with E-state index in [1.54, 1.807) is 16.7 Å². The maximum Gasteiger partial charge on any atom is 0.168 e. The number of allylic oxidation sites excluding steroid dienone is 4. The van der Waals surface area contributed by atoms with E-state index < -0.39 is 11.2 Å². The van der Waals surface area contributed by atoms with Crippen LogP contribution in [0.5, 0.6) is 0 Å². The normalized spacial score (nSPS) is 43.7. The molecule has 4 aliphatic carbocycles. The minimum absolute atomic E-state index is 0.129. The summed E-state index contributed by atoms with van der Waals surface area (Å²) in [6, 6.07) is 0. The third kappa shape index (κ3) is 2.18. The van der Waals surface area contributed by atoms with Gasteiger partial charge in [0.2, 0.25) is 0 Å². The van der Waals surface area contributed by atoms with Crippen molar-refractivity contribution in [2.45, 2.75) is 92.3 Å². The highest BCUT2D eigenvalue weighted by Crippen LogP contribution is 2.67. The average Bonchev–Trinajstić information content (AvgIpc) is 2.89. The Morgan fingerprint density at radius 1 is 0.962 bits per heavy atom. The highest BCUT2D eigenvalue weighted by Gasteiger charge is 2.61.